The molecule has 2 aromatic carbocycles. The zero-order valence-electron chi connectivity index (χ0n) is 12.5. The molecule has 3 N–H and O–H groups in total. The molecule has 24 heavy (non-hydrogen) atoms. The second kappa shape index (κ2) is 7.33. The van der Waals surface area contributed by atoms with E-state index in [9.17, 15) is 4.79 Å². The van der Waals surface area contributed by atoms with Crippen LogP contribution in [-0.4, -0.2) is 17.5 Å². The predicted octanol–water partition coefficient (Wildman–Crippen LogP) is 4.06. The first-order chi connectivity index (χ1) is 11.6. The number of nitrogens with two attached hydrogens (primary N) is 1. The van der Waals surface area contributed by atoms with Gasteiger partial charge in [-0.25, -0.2) is 4.98 Å². The molecule has 122 valence electrons. The van der Waals surface area contributed by atoms with Crippen LogP contribution in [0.5, 0.6) is 5.75 Å². The van der Waals surface area contributed by atoms with Gasteiger partial charge in [0.2, 0.25) is 0 Å². The number of anilines is 2. The molecule has 0 bridgehead atoms. The molecule has 0 radical (unpaired) electrons. The average Bonchev–Trinajstić information content (AvgIpc) is 3.02. The number of benzene rings is 2. The number of carbonyl (C=O) groups is 1. The molecule has 1 aromatic heterocycles. The van der Waals surface area contributed by atoms with E-state index in [1.165, 1.54) is 11.3 Å². The fourth-order valence-electron chi connectivity index (χ4n) is 2.02. The lowest BCUT2D eigenvalue weighted by molar-refractivity contribution is -0.118. The minimum Gasteiger partial charge on any atom is -0.482 e. The molecular weight excluding hydrogens is 346 g/mol. The van der Waals surface area contributed by atoms with Gasteiger partial charge in [0.1, 0.15) is 5.75 Å². The molecule has 0 fully saturated rings. The highest BCUT2D eigenvalue weighted by Gasteiger charge is 2.10. The highest BCUT2D eigenvalue weighted by atomic mass is 35.5. The Labute approximate surface area is 148 Å². The Morgan fingerprint density at radius 3 is 2.88 bits per heavy atom. The molecule has 1 heterocycles. The minimum atomic E-state index is -0.302. The second-order valence-electron chi connectivity index (χ2n) is 4.93. The number of nitrogen functional groups attached to an aromatic ring is 1. The van der Waals surface area contributed by atoms with E-state index in [1.807, 2.05) is 29.6 Å². The molecule has 1 amide bonds. The maximum Gasteiger partial charge on any atom is 0.264 e. The van der Waals surface area contributed by atoms with E-state index in [-0.39, 0.29) is 12.5 Å². The summed E-state index contributed by atoms with van der Waals surface area (Å²) in [4.78, 5) is 16.3. The zero-order chi connectivity index (χ0) is 16.9. The SMILES string of the molecule is Nc1cccc(-c2csc(NC(=O)COc3ccccc3Cl)n2)c1. The van der Waals surface area contributed by atoms with E-state index < -0.39 is 0 Å². The summed E-state index contributed by atoms with van der Waals surface area (Å²) in [7, 11) is 0. The van der Waals surface area contributed by atoms with Crippen molar-refractivity contribution >= 4 is 39.7 Å². The molecule has 5 nitrogen and oxygen atoms in total. The van der Waals surface area contributed by atoms with Crippen molar-refractivity contribution in [2.45, 2.75) is 0 Å². The van der Waals surface area contributed by atoms with Crippen molar-refractivity contribution in [2.24, 2.45) is 0 Å². The summed E-state index contributed by atoms with van der Waals surface area (Å²) in [5.74, 6) is 0.164. The van der Waals surface area contributed by atoms with Gasteiger partial charge in [0, 0.05) is 16.6 Å². The van der Waals surface area contributed by atoms with Crippen LogP contribution < -0.4 is 15.8 Å². The standard InChI is InChI=1S/C17H14ClN3O2S/c18-13-6-1-2-7-15(13)23-9-16(22)21-17-20-14(10-24-17)11-4-3-5-12(19)8-11/h1-8,10H,9,19H2,(H,20,21,22). The maximum atomic E-state index is 12.0. The Hall–Kier alpha value is -2.57. The topological polar surface area (TPSA) is 77.2 Å². The van der Waals surface area contributed by atoms with Gasteiger partial charge in [-0.15, -0.1) is 11.3 Å². The Bertz CT molecular complexity index is 866. The van der Waals surface area contributed by atoms with Crippen LogP contribution in [0.1, 0.15) is 0 Å². The van der Waals surface area contributed by atoms with Crippen LogP contribution in [0.2, 0.25) is 5.02 Å². The van der Waals surface area contributed by atoms with E-state index in [0.717, 1.165) is 11.3 Å². The average molecular weight is 360 g/mol. The third kappa shape index (κ3) is 4.04. The quantitative estimate of drug-likeness (QED) is 0.673. The van der Waals surface area contributed by atoms with Gasteiger partial charge in [-0.05, 0) is 24.3 Å². The Kier molecular flexibility index (Phi) is 4.98. The number of thiazole rings is 1. The van der Waals surface area contributed by atoms with Gasteiger partial charge >= 0.3 is 0 Å². The summed E-state index contributed by atoms with van der Waals surface area (Å²) in [6.45, 7) is -0.142. The third-order valence-electron chi connectivity index (χ3n) is 3.13. The van der Waals surface area contributed by atoms with E-state index >= 15 is 0 Å². The summed E-state index contributed by atoms with van der Waals surface area (Å²) in [5.41, 5.74) is 8.10. The molecule has 0 saturated carbocycles. The summed E-state index contributed by atoms with van der Waals surface area (Å²) in [6, 6.07) is 14.4. The number of aromatic nitrogens is 1. The largest absolute Gasteiger partial charge is 0.482 e. The smallest absolute Gasteiger partial charge is 0.264 e. The molecule has 7 heteroatoms. The van der Waals surface area contributed by atoms with Crippen molar-refractivity contribution in [1.29, 1.82) is 0 Å². The van der Waals surface area contributed by atoms with Crippen molar-refractivity contribution in [2.75, 3.05) is 17.7 Å². The fourth-order valence-corrected chi connectivity index (χ4v) is 2.95. The predicted molar refractivity (Wildman–Crippen MR) is 97.5 cm³/mol. The number of carbonyl (C=O) groups excluding carboxylic acids is 1. The van der Waals surface area contributed by atoms with Crippen molar-refractivity contribution in [1.82, 2.24) is 4.98 Å². The Balaban J connectivity index is 1.60. The molecule has 3 rings (SSSR count). The number of nitrogens with one attached hydrogen (secondary N) is 1. The number of rotatable bonds is 5. The minimum absolute atomic E-state index is 0.142. The Morgan fingerprint density at radius 1 is 1.25 bits per heavy atom. The maximum absolute atomic E-state index is 12.0. The van der Waals surface area contributed by atoms with Gasteiger partial charge in [-0.3, -0.25) is 10.1 Å². The van der Waals surface area contributed by atoms with Gasteiger partial charge in [0.15, 0.2) is 11.7 Å². The van der Waals surface area contributed by atoms with E-state index in [1.54, 1.807) is 24.3 Å². The number of hydrogen-bond donors (Lipinski definition) is 2. The zero-order valence-corrected chi connectivity index (χ0v) is 14.1. The summed E-state index contributed by atoms with van der Waals surface area (Å²) in [5, 5.41) is 5.53. The molecular formula is C17H14ClN3O2S. The second-order valence-corrected chi connectivity index (χ2v) is 6.20. The lowest BCUT2D eigenvalue weighted by atomic mass is 10.1. The van der Waals surface area contributed by atoms with Crippen molar-refractivity contribution in [3.63, 3.8) is 0 Å². The van der Waals surface area contributed by atoms with Crippen LogP contribution >= 0.6 is 22.9 Å². The number of amides is 1. The molecule has 0 aliphatic rings. The molecule has 0 spiro atoms. The van der Waals surface area contributed by atoms with Crippen molar-refractivity contribution in [3.05, 3.63) is 58.9 Å². The highest BCUT2D eigenvalue weighted by molar-refractivity contribution is 7.14. The molecule has 0 unspecified atom stereocenters. The molecule has 3 aromatic rings. The van der Waals surface area contributed by atoms with Gasteiger partial charge in [-0.1, -0.05) is 35.9 Å². The van der Waals surface area contributed by atoms with Crippen LogP contribution in [0.4, 0.5) is 10.8 Å². The number of halogens is 1. The van der Waals surface area contributed by atoms with E-state index in [2.05, 4.69) is 10.3 Å². The molecule has 0 saturated heterocycles. The van der Waals surface area contributed by atoms with Gasteiger partial charge in [0.25, 0.3) is 5.91 Å². The monoisotopic (exact) mass is 359 g/mol. The first-order valence-corrected chi connectivity index (χ1v) is 8.36. The summed E-state index contributed by atoms with van der Waals surface area (Å²) >= 11 is 7.31. The normalized spacial score (nSPS) is 10.4. The lowest BCUT2D eigenvalue weighted by Crippen LogP contribution is -2.20. The first kappa shape index (κ1) is 16.3. The number of nitrogens with zero attached hydrogens (tertiary/aromatic N) is 1. The lowest BCUT2D eigenvalue weighted by Gasteiger charge is -2.07. The van der Waals surface area contributed by atoms with Crippen LogP contribution in [0.25, 0.3) is 11.3 Å². The molecule has 0 atom stereocenters. The van der Waals surface area contributed by atoms with E-state index in [0.29, 0.717) is 21.6 Å². The van der Waals surface area contributed by atoms with Gasteiger partial charge in [0.05, 0.1) is 10.7 Å². The van der Waals surface area contributed by atoms with Gasteiger partial charge < -0.3 is 10.5 Å². The first-order valence-electron chi connectivity index (χ1n) is 7.10. The molecule has 0 aliphatic heterocycles. The van der Waals surface area contributed by atoms with E-state index in [4.69, 9.17) is 22.1 Å². The van der Waals surface area contributed by atoms with Crippen LogP contribution in [-0.2, 0) is 4.79 Å². The van der Waals surface area contributed by atoms with Crippen molar-refractivity contribution < 1.29 is 9.53 Å². The highest BCUT2D eigenvalue weighted by Crippen LogP contribution is 2.26. The summed E-state index contributed by atoms with van der Waals surface area (Å²) in [6.07, 6.45) is 0. The van der Waals surface area contributed by atoms with Gasteiger partial charge in [-0.2, -0.15) is 0 Å². The van der Waals surface area contributed by atoms with Crippen LogP contribution in [0, 0.1) is 0 Å². The molecule has 0 aliphatic carbocycles. The fraction of sp³-hybridized carbons (Fsp3) is 0.0588. The number of hydrogen-bond acceptors (Lipinski definition) is 5. The number of para-hydroxylation sites is 1. The summed E-state index contributed by atoms with van der Waals surface area (Å²) < 4.78 is 5.39. The Morgan fingerprint density at radius 2 is 2.08 bits per heavy atom. The number of ether oxygens (including phenoxy) is 1. The van der Waals surface area contributed by atoms with Crippen LogP contribution in [0.15, 0.2) is 53.9 Å². The van der Waals surface area contributed by atoms with Crippen molar-refractivity contribution in [3.8, 4) is 17.0 Å². The van der Waals surface area contributed by atoms with Crippen LogP contribution in [0.3, 0.4) is 0 Å². The third-order valence-corrected chi connectivity index (χ3v) is 4.20.